The number of benzene rings is 1. The average Bonchev–Trinajstić information content (AvgIpc) is 2.17. The van der Waals surface area contributed by atoms with E-state index in [9.17, 15) is 0 Å². The van der Waals surface area contributed by atoms with Crippen molar-refractivity contribution in [1.29, 1.82) is 0 Å². The molecular weight excluding hydrogens is 157 g/mol. The maximum absolute atomic E-state index is 3.80. The SMILES string of the molecule is Bc1cc(NC)c(C=C)cc1CC. The van der Waals surface area contributed by atoms with Crippen LogP contribution in [-0.4, -0.2) is 14.9 Å². The van der Waals surface area contributed by atoms with E-state index in [0.717, 1.165) is 12.1 Å². The molecule has 2 heteroatoms. The molecule has 13 heavy (non-hydrogen) atoms. The molecule has 0 aliphatic rings. The van der Waals surface area contributed by atoms with Gasteiger partial charge in [-0.25, -0.2) is 0 Å². The third kappa shape index (κ3) is 1.94. The molecule has 0 saturated heterocycles. The highest BCUT2D eigenvalue weighted by molar-refractivity contribution is 6.33. The number of anilines is 1. The van der Waals surface area contributed by atoms with Gasteiger partial charge in [-0.05, 0) is 18.1 Å². The molecule has 0 fully saturated rings. The zero-order valence-electron chi connectivity index (χ0n) is 8.65. The van der Waals surface area contributed by atoms with Crippen LogP contribution in [0.3, 0.4) is 0 Å². The van der Waals surface area contributed by atoms with Crippen LogP contribution in [0.4, 0.5) is 5.69 Å². The summed E-state index contributed by atoms with van der Waals surface area (Å²) in [4.78, 5) is 0. The molecule has 0 saturated carbocycles. The molecular formula is C11H16BN. The molecule has 0 atom stereocenters. The van der Waals surface area contributed by atoms with Crippen LogP contribution in [0, 0.1) is 0 Å². The second-order valence-corrected chi connectivity index (χ2v) is 3.17. The fourth-order valence-corrected chi connectivity index (χ4v) is 1.54. The van der Waals surface area contributed by atoms with Crippen molar-refractivity contribution < 1.29 is 0 Å². The molecule has 0 aromatic heterocycles. The van der Waals surface area contributed by atoms with Crippen LogP contribution in [0.1, 0.15) is 18.1 Å². The minimum absolute atomic E-state index is 1.08. The first kappa shape index (κ1) is 9.91. The Balaban J connectivity index is 3.26. The van der Waals surface area contributed by atoms with Crippen molar-refractivity contribution in [1.82, 2.24) is 0 Å². The minimum atomic E-state index is 1.08. The van der Waals surface area contributed by atoms with Crippen LogP contribution < -0.4 is 10.8 Å². The molecule has 1 rings (SSSR count). The first-order valence-electron chi connectivity index (χ1n) is 4.66. The van der Waals surface area contributed by atoms with Crippen molar-refractivity contribution in [3.05, 3.63) is 29.8 Å². The van der Waals surface area contributed by atoms with Crippen LogP contribution in [0.15, 0.2) is 18.7 Å². The fourth-order valence-electron chi connectivity index (χ4n) is 1.54. The Bertz CT molecular complexity index is 318. The molecule has 1 aromatic rings. The summed E-state index contributed by atoms with van der Waals surface area (Å²) in [6.45, 7) is 5.98. The summed E-state index contributed by atoms with van der Waals surface area (Å²) in [6, 6.07) is 4.38. The van der Waals surface area contributed by atoms with Gasteiger partial charge in [-0.1, -0.05) is 36.7 Å². The third-order valence-electron chi connectivity index (χ3n) is 2.38. The number of aryl methyl sites for hydroxylation is 1. The topological polar surface area (TPSA) is 12.0 Å². The predicted octanol–water partition coefficient (Wildman–Crippen LogP) is 1.19. The lowest BCUT2D eigenvalue weighted by molar-refractivity contribution is 1.15. The lowest BCUT2D eigenvalue weighted by Crippen LogP contribution is -2.11. The van der Waals surface area contributed by atoms with Crippen molar-refractivity contribution in [2.24, 2.45) is 0 Å². The summed E-state index contributed by atoms with van der Waals surface area (Å²) in [5.41, 5.74) is 5.08. The zero-order chi connectivity index (χ0) is 9.84. The van der Waals surface area contributed by atoms with E-state index in [1.54, 1.807) is 0 Å². The Morgan fingerprint density at radius 3 is 2.69 bits per heavy atom. The Labute approximate surface area is 81.3 Å². The van der Waals surface area contributed by atoms with Crippen LogP contribution in [0.2, 0.25) is 0 Å². The van der Waals surface area contributed by atoms with Gasteiger partial charge in [0.05, 0.1) is 0 Å². The largest absolute Gasteiger partial charge is 0.388 e. The molecule has 0 radical (unpaired) electrons. The molecule has 0 heterocycles. The van der Waals surface area contributed by atoms with E-state index < -0.39 is 0 Å². The van der Waals surface area contributed by atoms with E-state index >= 15 is 0 Å². The zero-order valence-corrected chi connectivity index (χ0v) is 8.65. The van der Waals surface area contributed by atoms with Crippen LogP contribution in [0.5, 0.6) is 0 Å². The molecule has 1 N–H and O–H groups in total. The second kappa shape index (κ2) is 4.17. The van der Waals surface area contributed by atoms with Crippen molar-refractivity contribution in [3.63, 3.8) is 0 Å². The first-order valence-corrected chi connectivity index (χ1v) is 4.66. The van der Waals surface area contributed by atoms with E-state index in [1.807, 2.05) is 13.1 Å². The van der Waals surface area contributed by atoms with Gasteiger partial charge in [0.15, 0.2) is 0 Å². The van der Waals surface area contributed by atoms with Crippen molar-refractivity contribution in [2.45, 2.75) is 13.3 Å². The van der Waals surface area contributed by atoms with Gasteiger partial charge >= 0.3 is 0 Å². The maximum atomic E-state index is 3.80. The lowest BCUT2D eigenvalue weighted by atomic mass is 9.87. The summed E-state index contributed by atoms with van der Waals surface area (Å²) in [5.74, 6) is 0. The minimum Gasteiger partial charge on any atom is -0.388 e. The van der Waals surface area contributed by atoms with Crippen LogP contribution in [0.25, 0.3) is 6.08 Å². The average molecular weight is 173 g/mol. The summed E-state index contributed by atoms with van der Waals surface area (Å²) >= 11 is 0. The lowest BCUT2D eigenvalue weighted by Gasteiger charge is -2.10. The molecule has 68 valence electrons. The predicted molar refractivity (Wildman–Crippen MR) is 63.6 cm³/mol. The van der Waals surface area contributed by atoms with Gasteiger partial charge in [0, 0.05) is 12.7 Å². The van der Waals surface area contributed by atoms with Gasteiger partial charge in [0.25, 0.3) is 0 Å². The quantitative estimate of drug-likeness (QED) is 0.677. The molecule has 0 unspecified atom stereocenters. The number of rotatable bonds is 3. The Morgan fingerprint density at radius 1 is 1.54 bits per heavy atom. The van der Waals surface area contributed by atoms with Crippen molar-refractivity contribution >= 4 is 25.1 Å². The maximum Gasteiger partial charge on any atom is 0.139 e. The van der Waals surface area contributed by atoms with Gasteiger partial charge in [-0.15, -0.1) is 0 Å². The van der Waals surface area contributed by atoms with E-state index in [0.29, 0.717) is 0 Å². The van der Waals surface area contributed by atoms with Gasteiger partial charge in [-0.3, -0.25) is 0 Å². The van der Waals surface area contributed by atoms with Crippen molar-refractivity contribution in [3.8, 4) is 0 Å². The fraction of sp³-hybridized carbons (Fsp3) is 0.273. The molecule has 0 aliphatic carbocycles. The van der Waals surface area contributed by atoms with E-state index in [2.05, 4.69) is 38.8 Å². The standard InChI is InChI=1S/C11H16BN/c1-4-8-6-9(5-2)11(13-3)7-10(8)12/h5-7,13H,2,4,12H2,1,3H3. The normalized spacial score (nSPS) is 9.69. The van der Waals surface area contributed by atoms with Gasteiger partial charge in [-0.2, -0.15) is 0 Å². The molecule has 0 bridgehead atoms. The Kier molecular flexibility index (Phi) is 3.18. The Morgan fingerprint density at radius 2 is 2.23 bits per heavy atom. The molecule has 0 aliphatic heterocycles. The summed E-state index contributed by atoms with van der Waals surface area (Å²) in [7, 11) is 4.08. The van der Waals surface area contributed by atoms with Gasteiger partial charge in [0.1, 0.15) is 7.85 Å². The summed E-state index contributed by atoms with van der Waals surface area (Å²) in [6.07, 6.45) is 2.97. The van der Waals surface area contributed by atoms with E-state index in [4.69, 9.17) is 0 Å². The summed E-state index contributed by atoms with van der Waals surface area (Å²) in [5, 5.41) is 3.17. The number of hydrogen-bond acceptors (Lipinski definition) is 1. The first-order chi connectivity index (χ1) is 6.22. The van der Waals surface area contributed by atoms with Crippen LogP contribution >= 0.6 is 0 Å². The smallest absolute Gasteiger partial charge is 0.139 e. The number of nitrogens with one attached hydrogen (secondary N) is 1. The second-order valence-electron chi connectivity index (χ2n) is 3.17. The van der Waals surface area contributed by atoms with Crippen LogP contribution in [-0.2, 0) is 6.42 Å². The molecule has 1 nitrogen and oxygen atoms in total. The van der Waals surface area contributed by atoms with Gasteiger partial charge in [0.2, 0.25) is 0 Å². The molecule has 0 amide bonds. The molecule has 1 aromatic carbocycles. The van der Waals surface area contributed by atoms with E-state index in [-0.39, 0.29) is 0 Å². The van der Waals surface area contributed by atoms with Gasteiger partial charge < -0.3 is 5.32 Å². The number of hydrogen-bond donors (Lipinski definition) is 1. The van der Waals surface area contributed by atoms with Crippen molar-refractivity contribution in [2.75, 3.05) is 12.4 Å². The third-order valence-corrected chi connectivity index (χ3v) is 2.38. The summed E-state index contributed by atoms with van der Waals surface area (Å²) < 4.78 is 0. The van der Waals surface area contributed by atoms with E-state index in [1.165, 1.54) is 16.6 Å². The highest BCUT2D eigenvalue weighted by Crippen LogP contribution is 2.16. The molecule has 0 spiro atoms. The highest BCUT2D eigenvalue weighted by atomic mass is 14.8. The monoisotopic (exact) mass is 173 g/mol. The highest BCUT2D eigenvalue weighted by Gasteiger charge is 2.01. The Hall–Kier alpha value is -1.18.